The Bertz CT molecular complexity index is 391. The van der Waals surface area contributed by atoms with Crippen molar-refractivity contribution in [3.05, 3.63) is 22.3 Å². The quantitative estimate of drug-likeness (QED) is 0.878. The van der Waals surface area contributed by atoms with E-state index in [1.165, 1.54) is 0 Å². The highest BCUT2D eigenvalue weighted by Gasteiger charge is 2.12. The van der Waals surface area contributed by atoms with Crippen molar-refractivity contribution in [3.8, 4) is 0 Å². The van der Waals surface area contributed by atoms with Crippen LogP contribution in [0.3, 0.4) is 0 Å². The van der Waals surface area contributed by atoms with E-state index in [1.807, 2.05) is 0 Å². The smallest absolute Gasteiger partial charge is 0.252 e. The summed E-state index contributed by atoms with van der Waals surface area (Å²) in [7, 11) is 0. The van der Waals surface area contributed by atoms with Gasteiger partial charge in [0.2, 0.25) is 0 Å². The number of anilines is 1. The summed E-state index contributed by atoms with van der Waals surface area (Å²) in [5, 5.41) is 2.92. The maximum Gasteiger partial charge on any atom is 0.252 e. The van der Waals surface area contributed by atoms with Crippen molar-refractivity contribution in [1.29, 1.82) is 0 Å². The van der Waals surface area contributed by atoms with Crippen LogP contribution >= 0.6 is 15.9 Å². The van der Waals surface area contributed by atoms with Gasteiger partial charge >= 0.3 is 0 Å². The molecule has 17 heavy (non-hydrogen) atoms. The molecule has 0 fully saturated rings. The number of halogens is 1. The predicted octanol–water partition coefficient (Wildman–Crippen LogP) is 2.59. The van der Waals surface area contributed by atoms with Gasteiger partial charge in [-0.3, -0.25) is 4.79 Å². The molecule has 0 unspecified atom stereocenters. The van der Waals surface area contributed by atoms with Gasteiger partial charge < -0.3 is 11.1 Å². The summed E-state index contributed by atoms with van der Waals surface area (Å²) in [6.07, 6.45) is 3.67. The third-order valence-corrected chi connectivity index (χ3v) is 3.46. The molecule has 4 nitrogen and oxygen atoms in total. The molecule has 1 amide bonds. The Labute approximate surface area is 110 Å². The van der Waals surface area contributed by atoms with Crippen molar-refractivity contribution in [2.45, 2.75) is 26.7 Å². The molecule has 0 bridgehead atoms. The van der Waals surface area contributed by atoms with Gasteiger partial charge in [0.15, 0.2) is 0 Å². The van der Waals surface area contributed by atoms with Gasteiger partial charge in [0.05, 0.1) is 5.56 Å². The van der Waals surface area contributed by atoms with Gasteiger partial charge in [0, 0.05) is 17.2 Å². The summed E-state index contributed by atoms with van der Waals surface area (Å²) in [4.78, 5) is 15.8. The Morgan fingerprint density at radius 2 is 2.18 bits per heavy atom. The molecule has 0 aliphatic rings. The van der Waals surface area contributed by atoms with Crippen LogP contribution in [0.15, 0.2) is 16.7 Å². The van der Waals surface area contributed by atoms with Gasteiger partial charge in [0.1, 0.15) is 5.82 Å². The molecule has 1 aromatic rings. The Morgan fingerprint density at radius 1 is 1.53 bits per heavy atom. The van der Waals surface area contributed by atoms with Crippen LogP contribution in [0.5, 0.6) is 0 Å². The van der Waals surface area contributed by atoms with Crippen LogP contribution in [-0.4, -0.2) is 17.4 Å². The van der Waals surface area contributed by atoms with Crippen LogP contribution in [0.1, 0.15) is 37.0 Å². The van der Waals surface area contributed by atoms with Crippen molar-refractivity contribution < 1.29 is 4.79 Å². The maximum absolute atomic E-state index is 11.9. The topological polar surface area (TPSA) is 68.0 Å². The molecular weight excluding hydrogens is 282 g/mol. The minimum atomic E-state index is -0.113. The van der Waals surface area contributed by atoms with E-state index in [0.717, 1.165) is 12.8 Å². The van der Waals surface area contributed by atoms with Gasteiger partial charge in [-0.2, -0.15) is 0 Å². The van der Waals surface area contributed by atoms with E-state index in [2.05, 4.69) is 40.1 Å². The molecule has 5 heteroatoms. The van der Waals surface area contributed by atoms with Crippen LogP contribution in [0.2, 0.25) is 0 Å². The molecule has 3 N–H and O–H groups in total. The summed E-state index contributed by atoms with van der Waals surface area (Å²) >= 11 is 3.29. The first kappa shape index (κ1) is 14.0. The molecule has 0 saturated heterocycles. The van der Waals surface area contributed by atoms with Crippen molar-refractivity contribution in [3.63, 3.8) is 0 Å². The zero-order valence-corrected chi connectivity index (χ0v) is 11.8. The molecular formula is C12H18BrN3O. The van der Waals surface area contributed by atoms with E-state index in [-0.39, 0.29) is 5.91 Å². The van der Waals surface area contributed by atoms with Gasteiger partial charge in [-0.25, -0.2) is 4.98 Å². The fourth-order valence-electron chi connectivity index (χ4n) is 1.54. The third kappa shape index (κ3) is 4.00. The van der Waals surface area contributed by atoms with E-state index < -0.39 is 0 Å². The second-order valence-electron chi connectivity index (χ2n) is 3.98. The van der Waals surface area contributed by atoms with Gasteiger partial charge in [-0.15, -0.1) is 0 Å². The van der Waals surface area contributed by atoms with E-state index >= 15 is 0 Å². The molecule has 94 valence electrons. The number of nitrogens with two attached hydrogens (primary N) is 1. The number of aromatic nitrogens is 1. The minimum Gasteiger partial charge on any atom is -0.384 e. The Morgan fingerprint density at radius 3 is 2.76 bits per heavy atom. The van der Waals surface area contributed by atoms with Crippen LogP contribution in [-0.2, 0) is 0 Å². The summed E-state index contributed by atoms with van der Waals surface area (Å²) in [6, 6.07) is 1.58. The van der Waals surface area contributed by atoms with Crippen molar-refractivity contribution in [2.24, 2.45) is 5.92 Å². The van der Waals surface area contributed by atoms with Gasteiger partial charge in [0.25, 0.3) is 5.91 Å². The van der Waals surface area contributed by atoms with Crippen molar-refractivity contribution >= 4 is 27.7 Å². The number of hydrogen-bond donors (Lipinski definition) is 2. The highest BCUT2D eigenvalue weighted by Crippen LogP contribution is 2.17. The van der Waals surface area contributed by atoms with E-state index in [4.69, 9.17) is 5.73 Å². The Kier molecular flexibility index (Phi) is 5.41. The summed E-state index contributed by atoms with van der Waals surface area (Å²) in [6.45, 7) is 4.95. The highest BCUT2D eigenvalue weighted by molar-refractivity contribution is 9.10. The number of carbonyl (C=O) groups is 1. The fourth-order valence-corrected chi connectivity index (χ4v) is 1.94. The summed E-state index contributed by atoms with van der Waals surface area (Å²) < 4.78 is 0.661. The van der Waals surface area contributed by atoms with Gasteiger partial charge in [-0.1, -0.05) is 26.7 Å². The third-order valence-electron chi connectivity index (χ3n) is 2.83. The SMILES string of the molecule is CCC(CC)CNC(=O)c1cc(N)ncc1Br. The van der Waals surface area contributed by atoms with Crippen molar-refractivity contribution in [1.82, 2.24) is 10.3 Å². The molecule has 0 aromatic carbocycles. The number of rotatable bonds is 5. The lowest BCUT2D eigenvalue weighted by atomic mass is 10.0. The number of nitrogens with one attached hydrogen (secondary N) is 1. The molecule has 0 aliphatic carbocycles. The zero-order chi connectivity index (χ0) is 12.8. The number of hydrogen-bond acceptors (Lipinski definition) is 3. The lowest BCUT2D eigenvalue weighted by molar-refractivity contribution is 0.0945. The second kappa shape index (κ2) is 6.59. The maximum atomic E-state index is 11.9. The average Bonchev–Trinajstić information content (AvgIpc) is 2.33. The zero-order valence-electron chi connectivity index (χ0n) is 10.2. The highest BCUT2D eigenvalue weighted by atomic mass is 79.9. The molecule has 1 aromatic heterocycles. The summed E-state index contributed by atoms with van der Waals surface area (Å²) in [5.41, 5.74) is 6.09. The van der Waals surface area contributed by atoms with Crippen molar-refractivity contribution in [2.75, 3.05) is 12.3 Å². The standard InChI is InChI=1S/C12H18BrN3O/c1-3-8(4-2)6-16-12(17)9-5-11(14)15-7-10(9)13/h5,7-8H,3-4,6H2,1-2H3,(H2,14,15)(H,16,17). The summed E-state index contributed by atoms with van der Waals surface area (Å²) in [5.74, 6) is 0.760. The van der Waals surface area contributed by atoms with E-state index in [1.54, 1.807) is 12.3 Å². The van der Waals surface area contributed by atoms with Crippen LogP contribution < -0.4 is 11.1 Å². The molecule has 1 heterocycles. The molecule has 0 saturated carbocycles. The molecule has 0 aliphatic heterocycles. The van der Waals surface area contributed by atoms with Gasteiger partial charge in [-0.05, 0) is 27.9 Å². The normalized spacial score (nSPS) is 10.6. The second-order valence-corrected chi connectivity index (χ2v) is 4.84. The number of nitrogens with zero attached hydrogens (tertiary/aromatic N) is 1. The average molecular weight is 300 g/mol. The fraction of sp³-hybridized carbons (Fsp3) is 0.500. The molecule has 0 spiro atoms. The number of nitrogen functional groups attached to an aromatic ring is 1. The largest absolute Gasteiger partial charge is 0.384 e. The van der Waals surface area contributed by atoms with Crippen LogP contribution in [0.4, 0.5) is 5.82 Å². The first-order valence-electron chi connectivity index (χ1n) is 5.77. The molecule has 0 atom stereocenters. The number of carbonyl (C=O) groups excluding carboxylic acids is 1. The van der Waals surface area contributed by atoms with E-state index in [9.17, 15) is 4.79 Å². The van der Waals surface area contributed by atoms with E-state index in [0.29, 0.717) is 28.3 Å². The monoisotopic (exact) mass is 299 g/mol. The first-order chi connectivity index (χ1) is 8.08. The Balaban J connectivity index is 2.66. The number of amides is 1. The van der Waals surface area contributed by atoms with Crippen LogP contribution in [0.25, 0.3) is 0 Å². The predicted molar refractivity (Wildman–Crippen MR) is 72.8 cm³/mol. The Hall–Kier alpha value is -1.10. The lowest BCUT2D eigenvalue weighted by Crippen LogP contribution is -2.29. The minimum absolute atomic E-state index is 0.113. The first-order valence-corrected chi connectivity index (χ1v) is 6.57. The number of pyridine rings is 1. The lowest BCUT2D eigenvalue weighted by Gasteiger charge is -2.13. The van der Waals surface area contributed by atoms with Crippen LogP contribution in [0, 0.1) is 5.92 Å². The molecule has 0 radical (unpaired) electrons. The molecule has 1 rings (SSSR count).